The van der Waals surface area contributed by atoms with Crippen molar-refractivity contribution in [3.05, 3.63) is 33.3 Å². The highest BCUT2D eigenvalue weighted by molar-refractivity contribution is 9.10. The zero-order valence-electron chi connectivity index (χ0n) is 8.60. The molecule has 0 aliphatic heterocycles. The topological polar surface area (TPSA) is 12.0 Å². The Morgan fingerprint density at radius 1 is 1.33 bits per heavy atom. The number of hydrogen-bond acceptors (Lipinski definition) is 1. The number of benzene rings is 1. The average Bonchev–Trinajstić information content (AvgIpc) is 2.73. The van der Waals surface area contributed by atoms with Crippen molar-refractivity contribution in [2.24, 2.45) is 0 Å². The molecule has 0 unspecified atom stereocenters. The average molecular weight is 289 g/mol. The monoisotopic (exact) mass is 287 g/mol. The Balaban J connectivity index is 1.95. The molecule has 0 amide bonds. The molecule has 0 saturated heterocycles. The number of rotatable bonds is 3. The Labute approximate surface area is 104 Å². The van der Waals surface area contributed by atoms with E-state index in [0.29, 0.717) is 6.04 Å². The maximum absolute atomic E-state index is 6.03. The molecule has 82 valence electrons. The van der Waals surface area contributed by atoms with Gasteiger partial charge in [-0.15, -0.1) is 0 Å². The van der Waals surface area contributed by atoms with E-state index in [9.17, 15) is 0 Å². The summed E-state index contributed by atoms with van der Waals surface area (Å²) in [7, 11) is 0. The van der Waals surface area contributed by atoms with Gasteiger partial charge in [-0.05, 0) is 40.4 Å². The smallest absolute Gasteiger partial charge is 0.0551 e. The predicted octanol–water partition coefficient (Wildman–Crippen LogP) is 4.13. The summed E-state index contributed by atoms with van der Waals surface area (Å²) < 4.78 is 1.03. The van der Waals surface area contributed by atoms with Gasteiger partial charge >= 0.3 is 0 Å². The van der Waals surface area contributed by atoms with Crippen LogP contribution in [0.5, 0.6) is 0 Å². The van der Waals surface area contributed by atoms with E-state index in [-0.39, 0.29) is 0 Å². The summed E-state index contributed by atoms with van der Waals surface area (Å²) in [5.74, 6) is 0. The Kier molecular flexibility index (Phi) is 4.06. The molecule has 1 aromatic carbocycles. The summed E-state index contributed by atoms with van der Waals surface area (Å²) in [6.07, 6.45) is 5.37. The molecule has 1 N–H and O–H groups in total. The molecular weight excluding hydrogens is 273 g/mol. The maximum atomic E-state index is 6.03. The lowest BCUT2D eigenvalue weighted by molar-refractivity contribution is 0.523. The SMILES string of the molecule is Clc1cccc(CNC2CCCC2)c1Br. The van der Waals surface area contributed by atoms with Gasteiger partial charge in [0.1, 0.15) is 0 Å². The first-order valence-corrected chi connectivity index (χ1v) is 6.61. The zero-order valence-corrected chi connectivity index (χ0v) is 10.9. The second-order valence-corrected chi connectivity index (χ2v) is 5.28. The summed E-state index contributed by atoms with van der Waals surface area (Å²) >= 11 is 9.55. The molecule has 0 radical (unpaired) electrons. The summed E-state index contributed by atoms with van der Waals surface area (Å²) in [5.41, 5.74) is 1.24. The quantitative estimate of drug-likeness (QED) is 0.881. The highest BCUT2D eigenvalue weighted by Gasteiger charge is 2.14. The molecule has 0 aromatic heterocycles. The lowest BCUT2D eigenvalue weighted by atomic mass is 10.2. The van der Waals surface area contributed by atoms with Crippen LogP contribution in [-0.2, 0) is 6.54 Å². The number of hydrogen-bond donors (Lipinski definition) is 1. The van der Waals surface area contributed by atoms with Crippen LogP contribution < -0.4 is 5.32 Å². The van der Waals surface area contributed by atoms with Crippen molar-refractivity contribution in [2.75, 3.05) is 0 Å². The fourth-order valence-electron chi connectivity index (χ4n) is 2.07. The Morgan fingerprint density at radius 3 is 2.80 bits per heavy atom. The third-order valence-electron chi connectivity index (χ3n) is 2.97. The molecule has 0 bridgehead atoms. The molecule has 0 spiro atoms. The second kappa shape index (κ2) is 5.33. The van der Waals surface area contributed by atoms with Crippen LogP contribution in [0.2, 0.25) is 5.02 Å². The molecule has 0 heterocycles. The van der Waals surface area contributed by atoms with E-state index in [0.717, 1.165) is 16.0 Å². The van der Waals surface area contributed by atoms with Crippen molar-refractivity contribution in [3.8, 4) is 0 Å². The largest absolute Gasteiger partial charge is 0.310 e. The van der Waals surface area contributed by atoms with Gasteiger partial charge in [0.05, 0.1) is 5.02 Å². The van der Waals surface area contributed by atoms with Gasteiger partial charge in [0, 0.05) is 17.1 Å². The number of halogens is 2. The van der Waals surface area contributed by atoms with Crippen LogP contribution in [0.4, 0.5) is 0 Å². The summed E-state index contributed by atoms with van der Waals surface area (Å²) in [5, 5.41) is 4.37. The van der Waals surface area contributed by atoms with Crippen LogP contribution in [0.1, 0.15) is 31.2 Å². The van der Waals surface area contributed by atoms with E-state index in [1.54, 1.807) is 0 Å². The molecule has 1 saturated carbocycles. The molecule has 1 aliphatic carbocycles. The molecule has 0 atom stereocenters. The Bertz CT molecular complexity index is 334. The van der Waals surface area contributed by atoms with Crippen molar-refractivity contribution >= 4 is 27.5 Å². The minimum absolute atomic E-state index is 0.705. The van der Waals surface area contributed by atoms with Crippen LogP contribution in [0.25, 0.3) is 0 Å². The van der Waals surface area contributed by atoms with Crippen LogP contribution in [0.15, 0.2) is 22.7 Å². The van der Waals surface area contributed by atoms with Gasteiger partial charge in [0.25, 0.3) is 0 Å². The molecule has 15 heavy (non-hydrogen) atoms. The van der Waals surface area contributed by atoms with Gasteiger partial charge in [-0.2, -0.15) is 0 Å². The fraction of sp³-hybridized carbons (Fsp3) is 0.500. The lowest BCUT2D eigenvalue weighted by Gasteiger charge is -2.13. The zero-order chi connectivity index (χ0) is 10.7. The Morgan fingerprint density at radius 2 is 2.07 bits per heavy atom. The summed E-state index contributed by atoms with van der Waals surface area (Å²) in [4.78, 5) is 0. The van der Waals surface area contributed by atoms with E-state index in [2.05, 4.69) is 27.3 Å². The van der Waals surface area contributed by atoms with Gasteiger partial charge in [-0.25, -0.2) is 0 Å². The second-order valence-electron chi connectivity index (χ2n) is 4.08. The van der Waals surface area contributed by atoms with Crippen molar-refractivity contribution in [2.45, 2.75) is 38.3 Å². The third-order valence-corrected chi connectivity index (χ3v) is 4.45. The van der Waals surface area contributed by atoms with Crippen LogP contribution in [-0.4, -0.2) is 6.04 Å². The van der Waals surface area contributed by atoms with E-state index in [1.165, 1.54) is 31.2 Å². The molecule has 1 fully saturated rings. The molecule has 1 aliphatic rings. The summed E-state index contributed by atoms with van der Waals surface area (Å²) in [6, 6.07) is 6.72. The molecule has 3 heteroatoms. The van der Waals surface area contributed by atoms with Gasteiger partial charge in [0.2, 0.25) is 0 Å². The fourth-order valence-corrected chi connectivity index (χ4v) is 2.67. The van der Waals surface area contributed by atoms with Crippen molar-refractivity contribution in [3.63, 3.8) is 0 Å². The van der Waals surface area contributed by atoms with Gasteiger partial charge in [-0.3, -0.25) is 0 Å². The van der Waals surface area contributed by atoms with Gasteiger partial charge in [0.15, 0.2) is 0 Å². The summed E-state index contributed by atoms with van der Waals surface area (Å²) in [6.45, 7) is 0.909. The lowest BCUT2D eigenvalue weighted by Crippen LogP contribution is -2.25. The molecular formula is C12H15BrClN. The van der Waals surface area contributed by atoms with Crippen LogP contribution in [0.3, 0.4) is 0 Å². The Hall–Kier alpha value is -0.0500. The first-order chi connectivity index (χ1) is 7.27. The minimum atomic E-state index is 0.705. The normalized spacial score (nSPS) is 17.2. The molecule has 1 nitrogen and oxygen atoms in total. The van der Waals surface area contributed by atoms with Crippen LogP contribution >= 0.6 is 27.5 Å². The van der Waals surface area contributed by atoms with Crippen molar-refractivity contribution in [1.82, 2.24) is 5.32 Å². The molecule has 1 aromatic rings. The maximum Gasteiger partial charge on any atom is 0.0551 e. The predicted molar refractivity (Wildman–Crippen MR) is 68.2 cm³/mol. The van der Waals surface area contributed by atoms with E-state index < -0.39 is 0 Å². The van der Waals surface area contributed by atoms with Crippen molar-refractivity contribution in [1.29, 1.82) is 0 Å². The van der Waals surface area contributed by atoms with Gasteiger partial charge in [-0.1, -0.05) is 36.6 Å². The highest BCUT2D eigenvalue weighted by Crippen LogP contribution is 2.26. The van der Waals surface area contributed by atoms with E-state index in [1.807, 2.05) is 12.1 Å². The van der Waals surface area contributed by atoms with Gasteiger partial charge < -0.3 is 5.32 Å². The minimum Gasteiger partial charge on any atom is -0.310 e. The highest BCUT2D eigenvalue weighted by atomic mass is 79.9. The van der Waals surface area contributed by atoms with E-state index in [4.69, 9.17) is 11.6 Å². The third kappa shape index (κ3) is 2.96. The van der Waals surface area contributed by atoms with Crippen molar-refractivity contribution < 1.29 is 0 Å². The molecule has 2 rings (SSSR count). The van der Waals surface area contributed by atoms with Crippen LogP contribution in [0, 0.1) is 0 Å². The first kappa shape index (κ1) is 11.4. The number of nitrogens with one attached hydrogen (secondary N) is 1. The standard InChI is InChI=1S/C12H15BrClN/c13-12-9(4-3-7-11(12)14)8-15-10-5-1-2-6-10/h3-4,7,10,15H,1-2,5-6,8H2. The first-order valence-electron chi connectivity index (χ1n) is 5.43. The van der Waals surface area contributed by atoms with E-state index >= 15 is 0 Å².